The van der Waals surface area contributed by atoms with Gasteiger partial charge in [-0.15, -0.1) is 0 Å². The van der Waals surface area contributed by atoms with Gasteiger partial charge in [0.05, 0.1) is 11.6 Å². The molecule has 2 heteroatoms. The van der Waals surface area contributed by atoms with Gasteiger partial charge in [-0.25, -0.2) is 0 Å². The smallest absolute Gasteiger partial charge is 0.0991 e. The van der Waals surface area contributed by atoms with Crippen molar-refractivity contribution in [3.63, 3.8) is 0 Å². The lowest BCUT2D eigenvalue weighted by Crippen LogP contribution is -1.76. The number of pyridine rings is 1. The number of hydrogen-bond donors (Lipinski definition) is 0. The normalized spacial score (nSPS) is 10.2. The van der Waals surface area contributed by atoms with Crippen LogP contribution >= 0.6 is 0 Å². The van der Waals surface area contributed by atoms with Gasteiger partial charge in [-0.05, 0) is 35.4 Å². The van der Waals surface area contributed by atoms with Gasteiger partial charge in [-0.2, -0.15) is 5.26 Å². The van der Waals surface area contributed by atoms with E-state index in [9.17, 15) is 0 Å². The van der Waals surface area contributed by atoms with Gasteiger partial charge >= 0.3 is 0 Å². The van der Waals surface area contributed by atoms with Crippen molar-refractivity contribution in [2.24, 2.45) is 0 Å². The Morgan fingerprint density at radius 1 is 0.875 bits per heavy atom. The molecule has 2 nitrogen and oxygen atoms in total. The fraction of sp³-hybridized carbons (Fsp3) is 0. The van der Waals surface area contributed by atoms with Gasteiger partial charge in [0.1, 0.15) is 0 Å². The molecule has 0 fully saturated rings. The molecule has 2 aromatic rings. The third-order valence-corrected chi connectivity index (χ3v) is 2.21. The summed E-state index contributed by atoms with van der Waals surface area (Å²) in [5.74, 6) is 0. The number of hydrogen-bond acceptors (Lipinski definition) is 2. The Morgan fingerprint density at radius 3 is 2.00 bits per heavy atom. The predicted octanol–water partition coefficient (Wildman–Crippen LogP) is 3.12. The Balaban J connectivity index is 2.15. The average Bonchev–Trinajstić information content (AvgIpc) is 2.38. The van der Waals surface area contributed by atoms with Crippen LogP contribution in [0.1, 0.15) is 16.7 Å². The second-order valence-electron chi connectivity index (χ2n) is 3.35. The second kappa shape index (κ2) is 4.90. The van der Waals surface area contributed by atoms with E-state index in [4.69, 9.17) is 5.26 Å². The first-order chi connectivity index (χ1) is 7.88. The highest BCUT2D eigenvalue weighted by atomic mass is 14.6. The van der Waals surface area contributed by atoms with E-state index in [1.165, 1.54) is 0 Å². The van der Waals surface area contributed by atoms with Crippen LogP contribution in [0.3, 0.4) is 0 Å². The van der Waals surface area contributed by atoms with Crippen LogP contribution in [0.5, 0.6) is 0 Å². The summed E-state index contributed by atoms with van der Waals surface area (Å²) in [5, 5.41) is 8.66. The molecule has 0 spiro atoms. The third kappa shape index (κ3) is 2.55. The molecular weight excluding hydrogens is 196 g/mol. The van der Waals surface area contributed by atoms with Gasteiger partial charge in [0.2, 0.25) is 0 Å². The number of aromatic nitrogens is 1. The minimum Gasteiger partial charge on any atom is -0.265 e. The first-order valence-electron chi connectivity index (χ1n) is 4.97. The van der Waals surface area contributed by atoms with E-state index in [2.05, 4.69) is 11.1 Å². The molecule has 1 heterocycles. The third-order valence-electron chi connectivity index (χ3n) is 2.21. The largest absolute Gasteiger partial charge is 0.265 e. The highest BCUT2D eigenvalue weighted by Gasteiger charge is 1.89. The van der Waals surface area contributed by atoms with E-state index in [-0.39, 0.29) is 0 Å². The number of nitrogens with zero attached hydrogens (tertiary/aromatic N) is 2. The van der Waals surface area contributed by atoms with Gasteiger partial charge in [0.15, 0.2) is 0 Å². The molecule has 2 rings (SSSR count). The maximum atomic E-state index is 8.66. The Bertz CT molecular complexity index is 519. The molecule has 0 amide bonds. The zero-order chi connectivity index (χ0) is 11.2. The van der Waals surface area contributed by atoms with E-state index in [0.717, 1.165) is 11.1 Å². The molecule has 0 radical (unpaired) electrons. The monoisotopic (exact) mass is 206 g/mol. The number of rotatable bonds is 2. The van der Waals surface area contributed by atoms with Crippen molar-refractivity contribution in [3.8, 4) is 6.07 Å². The molecular formula is C14H10N2. The first kappa shape index (κ1) is 10.1. The van der Waals surface area contributed by atoms with Crippen LogP contribution in [0, 0.1) is 11.3 Å². The van der Waals surface area contributed by atoms with E-state index < -0.39 is 0 Å². The molecule has 0 atom stereocenters. The van der Waals surface area contributed by atoms with Gasteiger partial charge < -0.3 is 0 Å². The van der Waals surface area contributed by atoms with E-state index >= 15 is 0 Å². The lowest BCUT2D eigenvalue weighted by Gasteiger charge is -1.94. The van der Waals surface area contributed by atoms with Gasteiger partial charge in [0.25, 0.3) is 0 Å². The molecule has 0 bridgehead atoms. The molecule has 76 valence electrons. The number of nitriles is 1. The topological polar surface area (TPSA) is 36.7 Å². The fourth-order valence-corrected chi connectivity index (χ4v) is 1.34. The first-order valence-corrected chi connectivity index (χ1v) is 4.97. The maximum absolute atomic E-state index is 8.66. The fourth-order valence-electron chi connectivity index (χ4n) is 1.34. The van der Waals surface area contributed by atoms with Crippen LogP contribution in [0.2, 0.25) is 0 Å². The molecule has 1 aromatic heterocycles. The van der Waals surface area contributed by atoms with Crippen LogP contribution in [-0.2, 0) is 0 Å². The summed E-state index contributed by atoms with van der Waals surface area (Å²) in [7, 11) is 0. The summed E-state index contributed by atoms with van der Waals surface area (Å²) in [5.41, 5.74) is 2.87. The molecule has 0 unspecified atom stereocenters. The van der Waals surface area contributed by atoms with E-state index in [1.54, 1.807) is 12.4 Å². The standard InChI is InChI=1S/C14H10N2/c15-11-14-5-3-12(4-6-14)1-2-13-7-9-16-10-8-13/h1-10H/b2-1+. The molecule has 16 heavy (non-hydrogen) atoms. The molecule has 0 aliphatic rings. The van der Waals surface area contributed by atoms with Crippen molar-refractivity contribution in [2.45, 2.75) is 0 Å². The Morgan fingerprint density at radius 2 is 1.44 bits per heavy atom. The lowest BCUT2D eigenvalue weighted by molar-refractivity contribution is 1.32. The Hall–Kier alpha value is -2.40. The van der Waals surface area contributed by atoms with Crippen LogP contribution < -0.4 is 0 Å². The van der Waals surface area contributed by atoms with Crippen molar-refractivity contribution in [1.29, 1.82) is 5.26 Å². The lowest BCUT2D eigenvalue weighted by atomic mass is 10.1. The molecule has 0 aliphatic heterocycles. The highest BCUT2D eigenvalue weighted by molar-refractivity contribution is 5.69. The summed E-state index contributed by atoms with van der Waals surface area (Å²) in [6.45, 7) is 0. The Kier molecular flexibility index (Phi) is 3.10. The highest BCUT2D eigenvalue weighted by Crippen LogP contribution is 2.08. The minimum absolute atomic E-state index is 0.682. The summed E-state index contributed by atoms with van der Waals surface area (Å²) >= 11 is 0. The quantitative estimate of drug-likeness (QED) is 0.756. The number of benzene rings is 1. The zero-order valence-corrected chi connectivity index (χ0v) is 8.67. The van der Waals surface area contributed by atoms with Crippen molar-refractivity contribution in [2.75, 3.05) is 0 Å². The van der Waals surface area contributed by atoms with Crippen molar-refractivity contribution < 1.29 is 0 Å². The van der Waals surface area contributed by atoms with Crippen LogP contribution in [-0.4, -0.2) is 4.98 Å². The van der Waals surface area contributed by atoms with Crippen molar-refractivity contribution >= 4 is 12.2 Å². The molecule has 0 saturated heterocycles. The Labute approximate surface area is 94.5 Å². The summed E-state index contributed by atoms with van der Waals surface area (Å²) in [6, 6.07) is 13.5. The van der Waals surface area contributed by atoms with Crippen LogP contribution in [0.25, 0.3) is 12.2 Å². The molecule has 0 saturated carbocycles. The van der Waals surface area contributed by atoms with Crippen LogP contribution in [0.4, 0.5) is 0 Å². The summed E-state index contributed by atoms with van der Waals surface area (Å²) < 4.78 is 0. The predicted molar refractivity (Wildman–Crippen MR) is 64.3 cm³/mol. The summed E-state index contributed by atoms with van der Waals surface area (Å²) in [6.07, 6.45) is 7.55. The molecule has 0 N–H and O–H groups in total. The van der Waals surface area contributed by atoms with Gasteiger partial charge in [-0.1, -0.05) is 24.3 Å². The zero-order valence-electron chi connectivity index (χ0n) is 8.67. The van der Waals surface area contributed by atoms with E-state index in [0.29, 0.717) is 5.56 Å². The van der Waals surface area contributed by atoms with E-state index in [1.807, 2.05) is 48.6 Å². The van der Waals surface area contributed by atoms with Gasteiger partial charge in [0, 0.05) is 12.4 Å². The molecule has 0 aliphatic carbocycles. The van der Waals surface area contributed by atoms with Crippen molar-refractivity contribution in [3.05, 3.63) is 65.5 Å². The van der Waals surface area contributed by atoms with Crippen molar-refractivity contribution in [1.82, 2.24) is 4.98 Å². The minimum atomic E-state index is 0.682. The second-order valence-corrected chi connectivity index (χ2v) is 3.35. The SMILES string of the molecule is N#Cc1ccc(/C=C/c2ccncc2)cc1. The van der Waals surface area contributed by atoms with Crippen LogP contribution in [0.15, 0.2) is 48.8 Å². The summed E-state index contributed by atoms with van der Waals surface area (Å²) in [4.78, 5) is 3.95. The maximum Gasteiger partial charge on any atom is 0.0991 e. The average molecular weight is 206 g/mol. The molecule has 1 aromatic carbocycles. The van der Waals surface area contributed by atoms with Gasteiger partial charge in [-0.3, -0.25) is 4.98 Å².